The lowest BCUT2D eigenvalue weighted by Gasteiger charge is -1.94. The van der Waals surface area contributed by atoms with Crippen LogP contribution in [0.3, 0.4) is 0 Å². The fourth-order valence-electron chi connectivity index (χ4n) is 0.753. The minimum atomic E-state index is -0.432. The summed E-state index contributed by atoms with van der Waals surface area (Å²) in [6, 6.07) is 0. The predicted octanol–water partition coefficient (Wildman–Crippen LogP) is 1.05. The molecule has 5 nitrogen and oxygen atoms in total. The number of aromatic nitrogens is 2. The molecule has 1 aromatic rings. The van der Waals surface area contributed by atoms with Crippen LogP contribution in [0.5, 0.6) is 0 Å². The van der Waals surface area contributed by atoms with Crippen LogP contribution < -0.4 is 0 Å². The number of hydrogen-bond donors (Lipinski definition) is 0. The summed E-state index contributed by atoms with van der Waals surface area (Å²) in [5, 5.41) is 10.9. The van der Waals surface area contributed by atoms with Gasteiger partial charge in [0.2, 0.25) is 0 Å². The molecule has 0 N–H and O–H groups in total. The molecule has 0 radical (unpaired) electrons. The zero-order valence-electron chi connectivity index (χ0n) is 6.14. The van der Waals surface area contributed by atoms with Crippen LogP contribution >= 0.6 is 11.8 Å². The van der Waals surface area contributed by atoms with Crippen molar-refractivity contribution in [1.29, 1.82) is 0 Å². The van der Waals surface area contributed by atoms with Gasteiger partial charge in [-0.1, -0.05) is 0 Å². The van der Waals surface area contributed by atoms with Crippen LogP contribution in [0.1, 0.15) is 0 Å². The molecule has 0 aliphatic carbocycles. The third-order valence-corrected chi connectivity index (χ3v) is 1.91. The topological polar surface area (TPSA) is 61.0 Å². The summed E-state index contributed by atoms with van der Waals surface area (Å²) in [6.45, 7) is 0. The smallest absolute Gasteiger partial charge is 0.356 e. The van der Waals surface area contributed by atoms with Crippen LogP contribution in [0.25, 0.3) is 0 Å². The molecule has 60 valence electrons. The molecular weight excluding hydrogens is 166 g/mol. The lowest BCUT2D eigenvalue weighted by Crippen LogP contribution is -1.96. The van der Waals surface area contributed by atoms with Crippen molar-refractivity contribution in [2.75, 3.05) is 6.26 Å². The number of thioether (sulfide) groups is 1. The van der Waals surface area contributed by atoms with Crippen LogP contribution in [-0.2, 0) is 7.05 Å². The summed E-state index contributed by atoms with van der Waals surface area (Å²) in [5.41, 5.74) is 0. The fourth-order valence-corrected chi connectivity index (χ4v) is 1.31. The van der Waals surface area contributed by atoms with Gasteiger partial charge in [0, 0.05) is 0 Å². The molecule has 0 atom stereocenters. The summed E-state index contributed by atoms with van der Waals surface area (Å²) in [6.07, 6.45) is 3.19. The van der Waals surface area contributed by atoms with Gasteiger partial charge in [0.25, 0.3) is 0 Å². The zero-order chi connectivity index (χ0) is 8.43. The van der Waals surface area contributed by atoms with Crippen molar-refractivity contribution in [3.8, 4) is 0 Å². The Labute approximate surface area is 67.6 Å². The Morgan fingerprint density at radius 2 is 2.45 bits per heavy atom. The molecule has 1 heterocycles. The van der Waals surface area contributed by atoms with Gasteiger partial charge in [0.1, 0.15) is 0 Å². The Morgan fingerprint density at radius 1 is 1.82 bits per heavy atom. The average molecular weight is 173 g/mol. The molecule has 1 aromatic heterocycles. The van der Waals surface area contributed by atoms with Crippen molar-refractivity contribution in [1.82, 2.24) is 9.55 Å². The van der Waals surface area contributed by atoms with Crippen LogP contribution in [0.2, 0.25) is 0 Å². The zero-order valence-corrected chi connectivity index (χ0v) is 6.96. The Balaban J connectivity index is 3.17. The van der Waals surface area contributed by atoms with E-state index in [9.17, 15) is 10.1 Å². The van der Waals surface area contributed by atoms with Crippen molar-refractivity contribution in [3.63, 3.8) is 0 Å². The minimum absolute atomic E-state index is 0.0532. The van der Waals surface area contributed by atoms with Crippen molar-refractivity contribution >= 4 is 17.6 Å². The summed E-state index contributed by atoms with van der Waals surface area (Å²) >= 11 is 1.27. The summed E-state index contributed by atoms with van der Waals surface area (Å²) in [5.74, 6) is 0.0532. The first-order valence-electron chi connectivity index (χ1n) is 2.86. The normalized spacial score (nSPS) is 10.0. The maximum Gasteiger partial charge on any atom is 0.356 e. The number of nitro groups is 1. The van der Waals surface area contributed by atoms with Gasteiger partial charge in [-0.25, -0.2) is 9.55 Å². The third-order valence-electron chi connectivity index (χ3n) is 1.24. The lowest BCUT2D eigenvalue weighted by atomic mass is 10.7. The van der Waals surface area contributed by atoms with Crippen LogP contribution in [0.15, 0.2) is 11.4 Å². The molecule has 0 aromatic carbocycles. The molecule has 0 saturated heterocycles. The van der Waals surface area contributed by atoms with Crippen LogP contribution in [-0.4, -0.2) is 20.7 Å². The van der Waals surface area contributed by atoms with Gasteiger partial charge >= 0.3 is 5.82 Å². The molecule has 1 rings (SSSR count). The van der Waals surface area contributed by atoms with Crippen molar-refractivity contribution in [3.05, 3.63) is 16.4 Å². The number of imidazole rings is 1. The second kappa shape index (κ2) is 2.91. The Hall–Kier alpha value is -1.04. The van der Waals surface area contributed by atoms with Gasteiger partial charge in [-0.05, 0) is 11.2 Å². The molecule has 0 spiro atoms. The summed E-state index contributed by atoms with van der Waals surface area (Å²) in [7, 11) is 1.60. The SMILES string of the molecule is CSc1ncn(C)c1[N+](=O)[O-]. The van der Waals surface area contributed by atoms with Gasteiger partial charge in [-0.2, -0.15) is 0 Å². The predicted molar refractivity (Wildman–Crippen MR) is 41.6 cm³/mol. The van der Waals surface area contributed by atoms with E-state index in [1.54, 1.807) is 13.3 Å². The first kappa shape index (κ1) is 8.06. The van der Waals surface area contributed by atoms with Crippen LogP contribution in [0.4, 0.5) is 5.82 Å². The van der Waals surface area contributed by atoms with E-state index >= 15 is 0 Å². The maximum atomic E-state index is 10.4. The lowest BCUT2D eigenvalue weighted by molar-refractivity contribution is -0.394. The number of hydrogen-bond acceptors (Lipinski definition) is 4. The summed E-state index contributed by atoms with van der Waals surface area (Å²) in [4.78, 5) is 13.8. The Kier molecular flexibility index (Phi) is 2.13. The first-order valence-corrected chi connectivity index (χ1v) is 4.09. The van der Waals surface area contributed by atoms with Gasteiger partial charge in [-0.3, -0.25) is 0 Å². The third kappa shape index (κ3) is 1.35. The number of rotatable bonds is 2. The molecule has 0 aliphatic heterocycles. The second-order valence-corrected chi connectivity index (χ2v) is 2.74. The standard InChI is InChI=1S/C5H7N3O2S/c1-7-3-6-4(11-2)5(7)8(9)10/h3H,1-2H3. The molecule has 6 heteroatoms. The minimum Gasteiger partial charge on any atom is -0.358 e. The quantitative estimate of drug-likeness (QED) is 0.381. The summed E-state index contributed by atoms with van der Waals surface area (Å²) < 4.78 is 1.39. The number of aryl methyl sites for hydroxylation is 1. The van der Waals surface area contributed by atoms with E-state index < -0.39 is 4.92 Å². The van der Waals surface area contributed by atoms with E-state index in [4.69, 9.17) is 0 Å². The van der Waals surface area contributed by atoms with Crippen molar-refractivity contribution < 1.29 is 4.92 Å². The van der Waals surface area contributed by atoms with Crippen molar-refractivity contribution in [2.24, 2.45) is 7.05 Å². The van der Waals surface area contributed by atoms with Crippen LogP contribution in [0, 0.1) is 10.1 Å². The maximum absolute atomic E-state index is 10.4. The highest BCUT2D eigenvalue weighted by atomic mass is 32.2. The second-order valence-electron chi connectivity index (χ2n) is 1.95. The molecule has 0 saturated carbocycles. The highest BCUT2D eigenvalue weighted by molar-refractivity contribution is 7.98. The van der Waals surface area contributed by atoms with Gasteiger partial charge in [0.15, 0.2) is 11.4 Å². The van der Waals surface area contributed by atoms with E-state index in [1.165, 1.54) is 22.7 Å². The number of nitrogens with zero attached hydrogens (tertiary/aromatic N) is 3. The molecule has 11 heavy (non-hydrogen) atoms. The highest BCUT2D eigenvalue weighted by Crippen LogP contribution is 2.24. The molecule has 0 unspecified atom stereocenters. The van der Waals surface area contributed by atoms with Gasteiger partial charge < -0.3 is 10.1 Å². The van der Waals surface area contributed by atoms with E-state index in [0.29, 0.717) is 5.03 Å². The fraction of sp³-hybridized carbons (Fsp3) is 0.400. The molecule has 0 amide bonds. The highest BCUT2D eigenvalue weighted by Gasteiger charge is 2.17. The van der Waals surface area contributed by atoms with Crippen molar-refractivity contribution in [2.45, 2.75) is 5.03 Å². The van der Waals surface area contributed by atoms with Gasteiger partial charge in [0.05, 0.1) is 7.05 Å². The van der Waals surface area contributed by atoms with E-state index in [-0.39, 0.29) is 5.82 Å². The first-order chi connectivity index (χ1) is 5.16. The molecule has 0 bridgehead atoms. The Bertz CT molecular complexity index is 283. The van der Waals surface area contributed by atoms with E-state index in [2.05, 4.69) is 4.98 Å². The van der Waals surface area contributed by atoms with Gasteiger partial charge in [-0.15, -0.1) is 11.8 Å². The van der Waals surface area contributed by atoms with E-state index in [0.717, 1.165) is 0 Å². The molecule has 0 aliphatic rings. The molecule has 0 fully saturated rings. The largest absolute Gasteiger partial charge is 0.358 e. The molecular formula is C5H7N3O2S. The average Bonchev–Trinajstić information content (AvgIpc) is 2.30. The monoisotopic (exact) mass is 173 g/mol. The Morgan fingerprint density at radius 3 is 2.82 bits per heavy atom. The van der Waals surface area contributed by atoms with E-state index in [1.807, 2.05) is 0 Å².